The Morgan fingerprint density at radius 1 is 0.961 bits per heavy atom. The number of aromatic hydroxyl groups is 2. The van der Waals surface area contributed by atoms with Crippen LogP contribution in [0, 0.1) is 40.9 Å². The molecule has 0 radical (unpaired) electrons. The number of ketones is 1. The molecule has 3 aromatic carbocycles. The number of ether oxygens (including phenoxy) is 3. The number of carbonyl (C=O) groups is 2. The van der Waals surface area contributed by atoms with Gasteiger partial charge in [-0.2, -0.15) is 0 Å². The summed E-state index contributed by atoms with van der Waals surface area (Å²) >= 11 is 0. The number of rotatable bonds is 12. The first-order valence-electron chi connectivity index (χ1n) is 27.1. The second-order valence-electron chi connectivity index (χ2n) is 22.6. The van der Waals surface area contributed by atoms with Crippen LogP contribution in [0.3, 0.4) is 0 Å². The van der Waals surface area contributed by atoms with Crippen molar-refractivity contribution in [3.05, 3.63) is 113 Å². The Morgan fingerprint density at radius 2 is 1.80 bits per heavy atom. The summed E-state index contributed by atoms with van der Waals surface area (Å²) in [6.45, 7) is 2.62. The molecule has 11 rings (SSSR count). The Bertz CT molecular complexity index is 3230. The van der Waals surface area contributed by atoms with Gasteiger partial charge >= 0.3 is 5.97 Å². The summed E-state index contributed by atoms with van der Waals surface area (Å²) in [5, 5.41) is 71.1. The number of phenols is 2. The van der Waals surface area contributed by atoms with Crippen molar-refractivity contribution in [3.63, 3.8) is 0 Å². The number of aromatic amines is 2. The quantitative estimate of drug-likeness (QED) is 0.0427. The highest BCUT2D eigenvalue weighted by Crippen LogP contribution is 2.67. The van der Waals surface area contributed by atoms with Gasteiger partial charge in [-0.05, 0) is 152 Å². The maximum absolute atomic E-state index is 15.3. The molecule has 11 atom stereocenters. The number of hydrogen-bond donors (Lipinski definition) is 9. The average molecular weight is 1040 g/mol. The number of nitrogens with zero attached hydrogens (tertiary/aromatic N) is 1. The zero-order valence-electron chi connectivity index (χ0n) is 43.3. The minimum Gasteiger partial charge on any atom is -0.504 e. The number of carbonyl (C=O) groups excluding carboxylic acids is 2. The number of benzene rings is 3. The van der Waals surface area contributed by atoms with Gasteiger partial charge in [0.1, 0.15) is 24.9 Å². The van der Waals surface area contributed by atoms with E-state index < -0.39 is 36.3 Å². The van der Waals surface area contributed by atoms with Crippen LogP contribution in [0.4, 0.5) is 0 Å². The monoisotopic (exact) mass is 1030 g/mol. The van der Waals surface area contributed by atoms with E-state index in [1.54, 1.807) is 18.2 Å². The maximum atomic E-state index is 15.3. The van der Waals surface area contributed by atoms with Crippen LogP contribution < -0.4 is 14.8 Å². The summed E-state index contributed by atoms with van der Waals surface area (Å²) in [7, 11) is 1.52. The highest BCUT2D eigenvalue weighted by atomic mass is 16.6. The molecule has 6 aromatic rings. The van der Waals surface area contributed by atoms with E-state index in [4.69, 9.17) is 14.2 Å². The Hall–Kier alpha value is -6.54. The standard InChI is InChI=1S/C61H70N4O11/c1-35(67)32-63-61(34-65-20-16-49-50(65)15-19-62-49)18-17-60(33-61)31-37-25-46-43-29-53(72)54(74-2)30-44(43)45(58(37)42-13-12-38(68)27-47(42)60)26-39(69)28-56(52(71)23-36-11-14-51(70)55(24-36)75-22-21-66)76-57(73)10-6-4-8-41-40-7-3-5-9-48(40)64-59(41)46/h3,5,7,9,11,14-16,19-20,24-25,29-30,35,37-38,42,45,47,52,56,58,62-64,66-68,70-72H,8,10,12-13,17-18,21-23,26-28,31-34H2,1-2H3. The molecule has 15 nitrogen and oxygen atoms in total. The van der Waals surface area contributed by atoms with Gasteiger partial charge in [-0.3, -0.25) is 9.59 Å². The Labute approximate surface area is 442 Å². The van der Waals surface area contributed by atoms with Crippen molar-refractivity contribution in [3.8, 4) is 34.8 Å². The van der Waals surface area contributed by atoms with Gasteiger partial charge in [-0.1, -0.05) is 42.2 Å². The molecule has 3 saturated carbocycles. The van der Waals surface area contributed by atoms with Gasteiger partial charge in [-0.15, -0.1) is 0 Å². The molecule has 400 valence electrons. The number of fused-ring (bicyclic) bond motifs is 10. The Morgan fingerprint density at radius 3 is 2.63 bits per heavy atom. The van der Waals surface area contributed by atoms with Crippen LogP contribution >= 0.6 is 0 Å². The number of Topliss-reactive ketones (excluding diaryl/α,β-unsaturated/α-hetero) is 1. The van der Waals surface area contributed by atoms with E-state index in [1.165, 1.54) is 13.2 Å². The average Bonchev–Trinajstić information content (AvgIpc) is 4.19. The highest BCUT2D eigenvalue weighted by molar-refractivity contribution is 5.94. The number of allylic oxidation sites excluding steroid dienone is 1. The molecule has 3 fully saturated rings. The number of aliphatic hydroxyl groups excluding tert-OH is 4. The van der Waals surface area contributed by atoms with E-state index in [0.717, 1.165) is 82.0 Å². The lowest BCUT2D eigenvalue weighted by molar-refractivity contribution is -0.155. The molecule has 4 heterocycles. The van der Waals surface area contributed by atoms with Gasteiger partial charge in [0.25, 0.3) is 0 Å². The molecule has 1 aliphatic heterocycles. The summed E-state index contributed by atoms with van der Waals surface area (Å²) in [6.07, 6.45) is 7.88. The second kappa shape index (κ2) is 21.1. The lowest BCUT2D eigenvalue weighted by Crippen LogP contribution is -2.54. The van der Waals surface area contributed by atoms with E-state index in [9.17, 15) is 35.4 Å². The van der Waals surface area contributed by atoms with Crippen molar-refractivity contribution in [2.24, 2.45) is 29.1 Å². The smallest absolute Gasteiger partial charge is 0.318 e. The number of methoxy groups -OCH3 is 1. The summed E-state index contributed by atoms with van der Waals surface area (Å²) < 4.78 is 19.8. The fourth-order valence-corrected chi connectivity index (χ4v) is 14.7. The summed E-state index contributed by atoms with van der Waals surface area (Å²) in [6, 6.07) is 20.6. The maximum Gasteiger partial charge on any atom is 0.318 e. The zero-order valence-corrected chi connectivity index (χ0v) is 43.3. The van der Waals surface area contributed by atoms with E-state index in [2.05, 4.69) is 62.2 Å². The molecule has 76 heavy (non-hydrogen) atoms. The molecule has 1 spiro atoms. The number of phenolic OH excluding ortho intramolecular Hbond substituents is 2. The molecular weight excluding hydrogens is 965 g/mol. The number of nitrogens with one attached hydrogen (secondary N) is 3. The van der Waals surface area contributed by atoms with Crippen molar-refractivity contribution < 1.29 is 54.4 Å². The van der Waals surface area contributed by atoms with Gasteiger partial charge in [0.05, 0.1) is 48.8 Å². The molecule has 11 unspecified atom stereocenters. The van der Waals surface area contributed by atoms with E-state index in [1.807, 2.05) is 37.4 Å². The van der Waals surface area contributed by atoms with Crippen LogP contribution in [-0.2, 0) is 33.7 Å². The van der Waals surface area contributed by atoms with Gasteiger partial charge in [0, 0.05) is 73.2 Å². The minimum absolute atomic E-state index is 0.0284. The SMILES string of the molecule is COc1cc2c(cc1O)C1=CC3CC4(CCC(Cn5ccc6[nH]ccc65)(NCC(C)O)C4)C4CC(O)CCC4C3C2CC(=O)CC(C(O)Cc2ccc(O)c(OCCO)c2)OC(=O)CC#CCc2c1[nH]c1ccccc21. The van der Waals surface area contributed by atoms with Crippen LogP contribution in [0.25, 0.3) is 27.5 Å². The largest absolute Gasteiger partial charge is 0.504 e. The normalized spacial score (nSPS) is 28.3. The predicted octanol–water partition coefficient (Wildman–Crippen LogP) is 7.58. The van der Waals surface area contributed by atoms with Crippen molar-refractivity contribution in [1.29, 1.82) is 0 Å². The van der Waals surface area contributed by atoms with Crippen LogP contribution in [0.2, 0.25) is 0 Å². The summed E-state index contributed by atoms with van der Waals surface area (Å²) in [4.78, 5) is 36.2. The van der Waals surface area contributed by atoms with E-state index in [-0.39, 0.29) is 109 Å². The molecule has 3 aromatic heterocycles. The number of aromatic nitrogens is 3. The number of β-amino-alcohol motifs (C(OH)–C–C–N with tert-alkyl or cyclic N) is 1. The number of esters is 1. The summed E-state index contributed by atoms with van der Waals surface area (Å²) in [5.41, 5.74) is 7.31. The third-order valence-electron chi connectivity index (χ3n) is 17.8. The molecule has 2 bridgehead atoms. The van der Waals surface area contributed by atoms with E-state index >= 15 is 4.79 Å². The van der Waals surface area contributed by atoms with Crippen LogP contribution in [0.15, 0.2) is 85.2 Å². The first-order chi connectivity index (χ1) is 36.7. The minimum atomic E-state index is -1.34. The van der Waals surface area contributed by atoms with Crippen LogP contribution in [0.5, 0.6) is 23.0 Å². The number of cyclic esters (lactones) is 1. The molecular formula is C61H70N4O11. The van der Waals surface area contributed by atoms with Gasteiger partial charge in [0.2, 0.25) is 0 Å². The van der Waals surface area contributed by atoms with Crippen LogP contribution in [0.1, 0.15) is 105 Å². The molecule has 4 aliphatic carbocycles. The molecule has 15 heteroatoms. The fourth-order valence-electron chi connectivity index (χ4n) is 14.7. The third kappa shape index (κ3) is 9.90. The van der Waals surface area contributed by atoms with Crippen molar-refractivity contribution in [2.45, 2.75) is 126 Å². The number of hydrogen-bond acceptors (Lipinski definition) is 12. The van der Waals surface area contributed by atoms with Gasteiger partial charge in [-0.25, -0.2) is 0 Å². The van der Waals surface area contributed by atoms with Crippen molar-refractivity contribution in [1.82, 2.24) is 19.9 Å². The number of H-pyrrole nitrogens is 2. The van der Waals surface area contributed by atoms with Crippen molar-refractivity contribution >= 4 is 39.3 Å². The lowest BCUT2D eigenvalue weighted by atomic mass is 9.47. The molecule has 9 N–H and O–H groups in total. The topological polar surface area (TPSA) is 232 Å². The van der Waals surface area contributed by atoms with Crippen LogP contribution in [-0.4, -0.2) is 114 Å². The number of para-hydroxylation sites is 1. The predicted molar refractivity (Wildman–Crippen MR) is 287 cm³/mol. The van der Waals surface area contributed by atoms with Gasteiger partial charge in [0.15, 0.2) is 23.0 Å². The Balaban J connectivity index is 1.06. The third-order valence-corrected chi connectivity index (χ3v) is 17.8. The first-order valence-corrected chi connectivity index (χ1v) is 27.1. The molecule has 0 saturated heterocycles. The highest BCUT2D eigenvalue weighted by Gasteiger charge is 2.61. The zero-order chi connectivity index (χ0) is 52.9. The molecule has 0 amide bonds. The first kappa shape index (κ1) is 51.6. The summed E-state index contributed by atoms with van der Waals surface area (Å²) in [5.74, 6) is 5.12. The molecule has 5 aliphatic rings. The lowest BCUT2D eigenvalue weighted by Gasteiger charge is -2.57. The van der Waals surface area contributed by atoms with Gasteiger partial charge < -0.3 is 64.7 Å². The Kier molecular flexibility index (Phi) is 14.3. The number of aliphatic hydroxyl groups is 4. The van der Waals surface area contributed by atoms with E-state index in [0.29, 0.717) is 31.5 Å². The second-order valence-corrected chi connectivity index (χ2v) is 22.6. The van der Waals surface area contributed by atoms with Crippen molar-refractivity contribution in [2.75, 3.05) is 26.9 Å². The fraction of sp³-hybridized carbons (Fsp3) is 0.475.